The minimum atomic E-state index is -0.757. The van der Waals surface area contributed by atoms with Gasteiger partial charge in [0.1, 0.15) is 0 Å². The summed E-state index contributed by atoms with van der Waals surface area (Å²) in [5.41, 5.74) is 3.93. The number of Topliss-reactive ketones (excluding diaryl/α,β-unsaturated/α-hetero) is 1. The van der Waals surface area contributed by atoms with Crippen molar-refractivity contribution in [3.63, 3.8) is 0 Å². The van der Waals surface area contributed by atoms with E-state index in [2.05, 4.69) is 20.6 Å². The van der Waals surface area contributed by atoms with Crippen LogP contribution in [0.25, 0.3) is 11.3 Å². The van der Waals surface area contributed by atoms with Crippen molar-refractivity contribution in [3.8, 4) is 11.3 Å². The largest absolute Gasteiger partial charge is 0.388 e. The van der Waals surface area contributed by atoms with Gasteiger partial charge in [0.2, 0.25) is 5.91 Å². The number of aliphatic hydroxyl groups is 1. The molecule has 2 heterocycles. The minimum Gasteiger partial charge on any atom is -0.388 e. The molecule has 5 rings (SSSR count). The number of carbonyl (C=O) groups excluding carboxylic acids is 2. The molecule has 1 unspecified atom stereocenters. The van der Waals surface area contributed by atoms with Crippen LogP contribution in [-0.4, -0.2) is 38.9 Å². The molecular formula is C24H24N4O3. The summed E-state index contributed by atoms with van der Waals surface area (Å²) < 4.78 is 0. The third kappa shape index (κ3) is 3.96. The monoisotopic (exact) mass is 416 g/mol. The van der Waals surface area contributed by atoms with Crippen LogP contribution in [0.4, 0.5) is 11.4 Å². The molecule has 0 spiro atoms. The Labute approximate surface area is 179 Å². The molecule has 2 aliphatic carbocycles. The number of nitrogens with zero attached hydrogens (tertiary/aromatic N) is 1. The standard InChI is InChI=1S/C24H24N4O3/c29-19-13-16(23(30)26-14-24(31)8-9-24)12-18-20(19)22(27-17-4-2-1-3-5-17)21(28-18)15-6-10-25-11-7-15/h1-7,10-11,16,27-28,31H,8-9,12-14H2,(H,26,30). The minimum absolute atomic E-state index is 0.0680. The molecule has 7 heteroatoms. The molecule has 1 aromatic carbocycles. The fourth-order valence-corrected chi connectivity index (χ4v) is 4.09. The van der Waals surface area contributed by atoms with E-state index in [1.54, 1.807) is 12.4 Å². The van der Waals surface area contributed by atoms with Crippen LogP contribution < -0.4 is 10.6 Å². The van der Waals surface area contributed by atoms with Gasteiger partial charge in [0.25, 0.3) is 0 Å². The number of para-hydroxylation sites is 1. The van der Waals surface area contributed by atoms with Gasteiger partial charge in [-0.15, -0.1) is 0 Å². The Morgan fingerprint density at radius 1 is 1.13 bits per heavy atom. The first kappa shape index (κ1) is 19.5. The number of carbonyl (C=O) groups is 2. The SMILES string of the molecule is O=C1CC(C(=O)NCC2(O)CC2)Cc2[nH]c(-c3ccncc3)c(Nc3ccccc3)c21. The number of anilines is 2. The quantitative estimate of drug-likeness (QED) is 0.494. The zero-order valence-corrected chi connectivity index (χ0v) is 17.0. The van der Waals surface area contributed by atoms with E-state index in [-0.39, 0.29) is 24.7 Å². The lowest BCUT2D eigenvalue weighted by Gasteiger charge is -2.22. The van der Waals surface area contributed by atoms with Crippen LogP contribution >= 0.6 is 0 Å². The third-order valence-corrected chi connectivity index (χ3v) is 6.04. The van der Waals surface area contributed by atoms with Crippen molar-refractivity contribution in [2.75, 3.05) is 11.9 Å². The summed E-state index contributed by atoms with van der Waals surface area (Å²) in [5.74, 6) is -0.700. The smallest absolute Gasteiger partial charge is 0.224 e. The topological polar surface area (TPSA) is 107 Å². The van der Waals surface area contributed by atoms with Gasteiger partial charge in [-0.1, -0.05) is 18.2 Å². The molecule has 7 nitrogen and oxygen atoms in total. The summed E-state index contributed by atoms with van der Waals surface area (Å²) in [5, 5.41) is 16.2. The summed E-state index contributed by atoms with van der Waals surface area (Å²) in [6.07, 6.45) is 5.43. The molecule has 158 valence electrons. The van der Waals surface area contributed by atoms with Crippen molar-refractivity contribution >= 4 is 23.1 Å². The normalized spacial score (nSPS) is 18.9. The van der Waals surface area contributed by atoms with Crippen molar-refractivity contribution in [2.45, 2.75) is 31.3 Å². The lowest BCUT2D eigenvalue weighted by molar-refractivity contribution is -0.125. The van der Waals surface area contributed by atoms with Gasteiger partial charge >= 0.3 is 0 Å². The molecule has 1 saturated carbocycles. The lowest BCUT2D eigenvalue weighted by atomic mass is 9.85. The fraction of sp³-hybridized carbons (Fsp3) is 0.292. The number of nitrogens with one attached hydrogen (secondary N) is 3. The number of benzene rings is 1. The molecular weight excluding hydrogens is 392 g/mol. The molecule has 3 aromatic rings. The van der Waals surface area contributed by atoms with Gasteiger partial charge in [0, 0.05) is 48.7 Å². The molecule has 2 aromatic heterocycles. The van der Waals surface area contributed by atoms with E-state index in [0.717, 1.165) is 28.3 Å². The zero-order chi connectivity index (χ0) is 21.4. The highest BCUT2D eigenvalue weighted by atomic mass is 16.3. The Balaban J connectivity index is 1.47. The predicted molar refractivity (Wildman–Crippen MR) is 117 cm³/mol. The summed E-state index contributed by atoms with van der Waals surface area (Å²) in [6, 6.07) is 13.5. The van der Waals surface area contributed by atoms with Crippen LogP contribution in [0.1, 0.15) is 35.3 Å². The summed E-state index contributed by atoms with van der Waals surface area (Å²) in [6.45, 7) is 0.247. The number of hydrogen-bond acceptors (Lipinski definition) is 5. The third-order valence-electron chi connectivity index (χ3n) is 6.04. The number of pyridine rings is 1. The molecule has 0 radical (unpaired) electrons. The van der Waals surface area contributed by atoms with Gasteiger partial charge in [-0.05, 0) is 37.1 Å². The number of fused-ring (bicyclic) bond motifs is 1. The Morgan fingerprint density at radius 2 is 1.87 bits per heavy atom. The summed E-state index contributed by atoms with van der Waals surface area (Å²) in [4.78, 5) is 33.3. The molecule has 1 atom stereocenters. The first-order chi connectivity index (χ1) is 15.0. The molecule has 0 aliphatic heterocycles. The maximum atomic E-state index is 13.2. The second-order valence-corrected chi connectivity index (χ2v) is 8.43. The van der Waals surface area contributed by atoms with Gasteiger partial charge in [0.15, 0.2) is 5.78 Å². The van der Waals surface area contributed by atoms with Crippen LogP contribution in [0.2, 0.25) is 0 Å². The molecule has 1 amide bonds. The maximum Gasteiger partial charge on any atom is 0.224 e. The molecule has 1 fully saturated rings. The highest BCUT2D eigenvalue weighted by Gasteiger charge is 2.41. The van der Waals surface area contributed by atoms with Gasteiger partial charge in [-0.2, -0.15) is 0 Å². The Bertz CT molecular complexity index is 1120. The van der Waals surface area contributed by atoms with Crippen LogP contribution in [0.3, 0.4) is 0 Å². The average Bonchev–Trinajstić information content (AvgIpc) is 3.42. The molecule has 0 bridgehead atoms. The highest BCUT2D eigenvalue weighted by molar-refractivity contribution is 6.09. The fourth-order valence-electron chi connectivity index (χ4n) is 4.09. The zero-order valence-electron chi connectivity index (χ0n) is 17.0. The van der Waals surface area contributed by atoms with Crippen molar-refractivity contribution < 1.29 is 14.7 Å². The average molecular weight is 416 g/mol. The number of H-pyrrole nitrogens is 1. The van der Waals surface area contributed by atoms with E-state index in [9.17, 15) is 14.7 Å². The van der Waals surface area contributed by atoms with Crippen molar-refractivity contribution in [1.82, 2.24) is 15.3 Å². The molecule has 2 aliphatic rings. The predicted octanol–water partition coefficient (Wildman–Crippen LogP) is 3.21. The van der Waals surface area contributed by atoms with E-state index >= 15 is 0 Å². The first-order valence-electron chi connectivity index (χ1n) is 10.5. The van der Waals surface area contributed by atoms with Crippen LogP contribution in [0.15, 0.2) is 54.9 Å². The Hall–Kier alpha value is -3.45. The van der Waals surface area contributed by atoms with E-state index in [1.165, 1.54) is 0 Å². The lowest BCUT2D eigenvalue weighted by Crippen LogP contribution is -2.40. The number of rotatable bonds is 6. The second kappa shape index (κ2) is 7.67. The number of amides is 1. The van der Waals surface area contributed by atoms with Gasteiger partial charge in [-0.25, -0.2) is 0 Å². The molecule has 4 N–H and O–H groups in total. The summed E-state index contributed by atoms with van der Waals surface area (Å²) in [7, 11) is 0. The molecule has 0 saturated heterocycles. The number of aromatic amines is 1. The van der Waals surface area contributed by atoms with Crippen LogP contribution in [0.5, 0.6) is 0 Å². The highest BCUT2D eigenvalue weighted by Crippen LogP contribution is 2.40. The number of hydrogen-bond donors (Lipinski definition) is 4. The first-order valence-corrected chi connectivity index (χ1v) is 10.5. The Kier molecular flexibility index (Phi) is 4.82. The van der Waals surface area contributed by atoms with Crippen molar-refractivity contribution in [3.05, 3.63) is 66.1 Å². The second-order valence-electron chi connectivity index (χ2n) is 8.43. The van der Waals surface area contributed by atoms with Gasteiger partial charge < -0.3 is 20.7 Å². The molecule has 31 heavy (non-hydrogen) atoms. The van der Waals surface area contributed by atoms with E-state index in [4.69, 9.17) is 0 Å². The number of aromatic nitrogens is 2. The van der Waals surface area contributed by atoms with Gasteiger partial charge in [0.05, 0.1) is 28.5 Å². The maximum absolute atomic E-state index is 13.2. The number of ketones is 1. The van der Waals surface area contributed by atoms with Gasteiger partial charge in [-0.3, -0.25) is 14.6 Å². The van der Waals surface area contributed by atoms with Crippen LogP contribution in [-0.2, 0) is 11.2 Å². The van der Waals surface area contributed by atoms with E-state index in [1.807, 2.05) is 42.5 Å². The van der Waals surface area contributed by atoms with Crippen molar-refractivity contribution in [2.24, 2.45) is 5.92 Å². The summed E-state index contributed by atoms with van der Waals surface area (Å²) >= 11 is 0. The van der Waals surface area contributed by atoms with Crippen molar-refractivity contribution in [1.29, 1.82) is 0 Å². The van der Waals surface area contributed by atoms with Crippen LogP contribution in [0, 0.1) is 5.92 Å². The van der Waals surface area contributed by atoms with E-state index < -0.39 is 11.5 Å². The Morgan fingerprint density at radius 3 is 2.58 bits per heavy atom. The van der Waals surface area contributed by atoms with E-state index in [0.29, 0.717) is 24.8 Å².